The fraction of sp³-hybridized carbons (Fsp3) is 0.188. The summed E-state index contributed by atoms with van der Waals surface area (Å²) in [5.41, 5.74) is 0.909. The van der Waals surface area contributed by atoms with Crippen LogP contribution in [0.15, 0.2) is 57.5 Å². The molecule has 0 bridgehead atoms. The number of hydrogen-bond acceptors (Lipinski definition) is 6. The summed E-state index contributed by atoms with van der Waals surface area (Å²) in [5, 5.41) is 10.0. The lowest BCUT2D eigenvalue weighted by molar-refractivity contribution is -0.128. The van der Waals surface area contributed by atoms with Crippen molar-refractivity contribution >= 4 is 29.0 Å². The first kappa shape index (κ1) is 15.8. The van der Waals surface area contributed by atoms with Gasteiger partial charge in [-0.3, -0.25) is 4.79 Å². The third kappa shape index (κ3) is 3.62. The molecule has 0 aliphatic rings. The minimum atomic E-state index is -0.414. The van der Waals surface area contributed by atoms with E-state index in [0.29, 0.717) is 11.1 Å². The summed E-state index contributed by atoms with van der Waals surface area (Å²) >= 11 is 2.80. The predicted molar refractivity (Wildman–Crippen MR) is 91.3 cm³/mol. The van der Waals surface area contributed by atoms with Crippen molar-refractivity contribution in [1.29, 1.82) is 0 Å². The van der Waals surface area contributed by atoms with Gasteiger partial charge in [0.1, 0.15) is 5.25 Å². The molecular formula is C16H15N3O2S2. The van der Waals surface area contributed by atoms with Crippen LogP contribution in [0, 0.1) is 0 Å². The maximum absolute atomic E-state index is 12.5. The molecule has 3 aromatic rings. The van der Waals surface area contributed by atoms with E-state index in [-0.39, 0.29) is 5.91 Å². The number of thiophene rings is 1. The molecular weight excluding hydrogens is 330 g/mol. The average molecular weight is 345 g/mol. The first-order valence-corrected chi connectivity index (χ1v) is 8.71. The molecule has 1 aromatic carbocycles. The molecule has 5 nitrogen and oxygen atoms in total. The monoisotopic (exact) mass is 345 g/mol. The lowest BCUT2D eigenvalue weighted by Gasteiger charge is -2.18. The molecule has 23 heavy (non-hydrogen) atoms. The molecule has 0 spiro atoms. The molecule has 7 heteroatoms. The van der Waals surface area contributed by atoms with Crippen molar-refractivity contribution in [2.75, 3.05) is 14.1 Å². The smallest absolute Gasteiger partial charge is 0.278 e. The molecule has 3 rings (SSSR count). The predicted octanol–water partition coefficient (Wildman–Crippen LogP) is 3.72. The summed E-state index contributed by atoms with van der Waals surface area (Å²) < 4.78 is 5.69. The SMILES string of the molecule is CN(C)C(=O)[C@H](Sc1nnc(-c2cccs2)o1)c1ccccc1. The number of nitrogens with zero attached hydrogens (tertiary/aromatic N) is 3. The van der Waals surface area contributed by atoms with Gasteiger partial charge < -0.3 is 9.32 Å². The van der Waals surface area contributed by atoms with Crippen LogP contribution < -0.4 is 0 Å². The van der Waals surface area contributed by atoms with E-state index in [0.717, 1.165) is 10.4 Å². The van der Waals surface area contributed by atoms with Gasteiger partial charge in [0.2, 0.25) is 5.91 Å². The minimum Gasteiger partial charge on any atom is -0.410 e. The van der Waals surface area contributed by atoms with E-state index in [9.17, 15) is 4.79 Å². The highest BCUT2D eigenvalue weighted by molar-refractivity contribution is 8.00. The van der Waals surface area contributed by atoms with Gasteiger partial charge in [-0.05, 0) is 28.8 Å². The zero-order valence-corrected chi connectivity index (χ0v) is 14.3. The van der Waals surface area contributed by atoms with E-state index in [1.54, 1.807) is 19.0 Å². The van der Waals surface area contributed by atoms with Gasteiger partial charge in [0.25, 0.3) is 11.1 Å². The molecule has 0 aliphatic carbocycles. The molecule has 2 aromatic heterocycles. The Morgan fingerprint density at radius 2 is 1.96 bits per heavy atom. The fourth-order valence-corrected chi connectivity index (χ4v) is 3.65. The summed E-state index contributed by atoms with van der Waals surface area (Å²) in [6.45, 7) is 0. The Kier molecular flexibility index (Phi) is 4.78. The van der Waals surface area contributed by atoms with Crippen molar-refractivity contribution in [2.24, 2.45) is 0 Å². The summed E-state index contributed by atoms with van der Waals surface area (Å²) in [6.07, 6.45) is 0. The average Bonchev–Trinajstić information content (AvgIpc) is 3.24. The largest absolute Gasteiger partial charge is 0.410 e. The van der Waals surface area contributed by atoms with Gasteiger partial charge in [-0.15, -0.1) is 21.5 Å². The number of hydrogen-bond donors (Lipinski definition) is 0. The zero-order valence-electron chi connectivity index (χ0n) is 12.7. The Balaban J connectivity index is 1.86. The molecule has 1 amide bonds. The first-order valence-electron chi connectivity index (χ1n) is 6.95. The van der Waals surface area contributed by atoms with E-state index < -0.39 is 5.25 Å². The second kappa shape index (κ2) is 6.97. The molecule has 2 heterocycles. The quantitative estimate of drug-likeness (QED) is 0.660. The second-order valence-corrected chi connectivity index (χ2v) is 7.00. The number of carbonyl (C=O) groups excluding carboxylic acids is 1. The fourth-order valence-electron chi connectivity index (χ4n) is 1.98. The van der Waals surface area contributed by atoms with Crippen molar-refractivity contribution in [2.45, 2.75) is 10.5 Å². The summed E-state index contributed by atoms with van der Waals surface area (Å²) in [7, 11) is 3.48. The lowest BCUT2D eigenvalue weighted by atomic mass is 10.1. The number of aromatic nitrogens is 2. The van der Waals surface area contributed by atoms with Gasteiger partial charge in [-0.25, -0.2) is 0 Å². The first-order chi connectivity index (χ1) is 11.1. The molecule has 1 atom stereocenters. The Morgan fingerprint density at radius 1 is 1.17 bits per heavy atom. The number of carbonyl (C=O) groups is 1. The Hall–Kier alpha value is -2.12. The van der Waals surface area contributed by atoms with Crippen LogP contribution in [0.3, 0.4) is 0 Å². The molecule has 0 saturated carbocycles. The summed E-state index contributed by atoms with van der Waals surface area (Å²) in [6, 6.07) is 13.5. The Labute approximate surface area is 142 Å². The van der Waals surface area contributed by atoms with Crippen LogP contribution in [0.2, 0.25) is 0 Å². The molecule has 0 aliphatic heterocycles. The van der Waals surface area contributed by atoms with Crippen LogP contribution in [-0.2, 0) is 4.79 Å². The van der Waals surface area contributed by atoms with Gasteiger partial charge in [0.05, 0.1) is 4.88 Å². The number of thioether (sulfide) groups is 1. The van der Waals surface area contributed by atoms with E-state index in [4.69, 9.17) is 4.42 Å². The van der Waals surface area contributed by atoms with Gasteiger partial charge in [-0.2, -0.15) is 0 Å². The Bertz CT molecular complexity index is 770. The van der Waals surface area contributed by atoms with Crippen molar-refractivity contribution in [3.8, 4) is 10.8 Å². The number of rotatable bonds is 5. The van der Waals surface area contributed by atoms with Gasteiger partial charge in [0, 0.05) is 14.1 Å². The van der Waals surface area contributed by atoms with Crippen LogP contribution in [0.25, 0.3) is 10.8 Å². The topological polar surface area (TPSA) is 59.2 Å². The zero-order chi connectivity index (χ0) is 16.2. The Morgan fingerprint density at radius 3 is 2.61 bits per heavy atom. The van der Waals surface area contributed by atoms with Crippen molar-refractivity contribution in [1.82, 2.24) is 15.1 Å². The van der Waals surface area contributed by atoms with Crippen molar-refractivity contribution in [3.63, 3.8) is 0 Å². The minimum absolute atomic E-state index is 0.0166. The second-order valence-electron chi connectivity index (χ2n) is 4.99. The van der Waals surface area contributed by atoms with Crippen LogP contribution in [0.1, 0.15) is 10.8 Å². The van der Waals surface area contributed by atoms with Crippen molar-refractivity contribution in [3.05, 3.63) is 53.4 Å². The molecule has 0 unspecified atom stereocenters. The lowest BCUT2D eigenvalue weighted by Crippen LogP contribution is -2.26. The van der Waals surface area contributed by atoms with Gasteiger partial charge in [0.15, 0.2) is 0 Å². The van der Waals surface area contributed by atoms with Crippen LogP contribution in [-0.4, -0.2) is 35.1 Å². The van der Waals surface area contributed by atoms with Crippen LogP contribution >= 0.6 is 23.1 Å². The van der Waals surface area contributed by atoms with Crippen LogP contribution in [0.4, 0.5) is 0 Å². The number of likely N-dealkylation sites (N-methyl/N-ethyl adjacent to an activating group) is 1. The van der Waals surface area contributed by atoms with Crippen LogP contribution in [0.5, 0.6) is 0 Å². The molecule has 0 N–H and O–H groups in total. The highest BCUT2D eigenvalue weighted by Crippen LogP contribution is 2.37. The number of benzene rings is 1. The van der Waals surface area contributed by atoms with Crippen molar-refractivity contribution < 1.29 is 9.21 Å². The molecule has 0 radical (unpaired) electrons. The third-order valence-electron chi connectivity index (χ3n) is 3.12. The van der Waals surface area contributed by atoms with E-state index in [2.05, 4.69) is 10.2 Å². The normalized spacial score (nSPS) is 12.1. The summed E-state index contributed by atoms with van der Waals surface area (Å²) in [5.74, 6) is 0.462. The maximum atomic E-state index is 12.5. The molecule has 0 fully saturated rings. The third-order valence-corrected chi connectivity index (χ3v) is 5.06. The van der Waals surface area contributed by atoms with E-state index in [1.807, 2.05) is 47.8 Å². The summed E-state index contributed by atoms with van der Waals surface area (Å²) in [4.78, 5) is 15.0. The van der Waals surface area contributed by atoms with Gasteiger partial charge in [-0.1, -0.05) is 36.4 Å². The van der Waals surface area contributed by atoms with E-state index >= 15 is 0 Å². The molecule has 0 saturated heterocycles. The van der Waals surface area contributed by atoms with Gasteiger partial charge >= 0.3 is 0 Å². The highest BCUT2D eigenvalue weighted by Gasteiger charge is 2.26. The number of amides is 1. The molecule has 118 valence electrons. The standard InChI is InChI=1S/C16H15N3O2S2/c1-19(2)15(20)13(11-7-4-3-5-8-11)23-16-18-17-14(21-16)12-9-6-10-22-12/h3-10,13H,1-2H3/t13-/m1/s1. The van der Waals surface area contributed by atoms with E-state index in [1.165, 1.54) is 23.1 Å². The highest BCUT2D eigenvalue weighted by atomic mass is 32.2. The maximum Gasteiger partial charge on any atom is 0.278 e.